The number of methoxy groups -OCH3 is 1. The zero-order valence-corrected chi connectivity index (χ0v) is 17.6. The monoisotopic (exact) mass is 434 g/mol. The van der Waals surface area contributed by atoms with Gasteiger partial charge < -0.3 is 9.64 Å². The summed E-state index contributed by atoms with van der Waals surface area (Å²) >= 11 is 13.7. The number of esters is 1. The van der Waals surface area contributed by atoms with E-state index < -0.39 is 5.97 Å². The van der Waals surface area contributed by atoms with E-state index >= 15 is 0 Å². The fourth-order valence-electron chi connectivity index (χ4n) is 2.49. The lowest BCUT2D eigenvalue weighted by atomic mass is 10.1. The largest absolute Gasteiger partial charge is 0.465 e. The van der Waals surface area contributed by atoms with Crippen LogP contribution in [0.1, 0.15) is 10.4 Å². The normalized spacial score (nSPS) is 10.6. The maximum atomic E-state index is 12.2. The van der Waals surface area contributed by atoms with Crippen LogP contribution in [0.5, 0.6) is 0 Å². The first kappa shape index (κ1) is 20.4. The number of aromatic nitrogens is 3. The predicted molar refractivity (Wildman–Crippen MR) is 113 cm³/mol. The zero-order chi connectivity index (χ0) is 20.3. The molecule has 0 amide bonds. The topological polar surface area (TPSA) is 68.2 Å². The number of thioether (sulfide) groups is 1. The molecule has 0 aliphatic heterocycles. The second-order valence-corrected chi connectivity index (χ2v) is 7.38. The number of anilines is 2. The van der Waals surface area contributed by atoms with Gasteiger partial charge in [0.1, 0.15) is 5.82 Å². The first-order chi connectivity index (χ1) is 13.4. The van der Waals surface area contributed by atoms with E-state index in [9.17, 15) is 4.79 Å². The highest BCUT2D eigenvalue weighted by Gasteiger charge is 2.16. The van der Waals surface area contributed by atoms with Gasteiger partial charge in [-0.2, -0.15) is 0 Å². The van der Waals surface area contributed by atoms with E-state index in [1.165, 1.54) is 18.9 Å². The highest BCUT2D eigenvalue weighted by molar-refractivity contribution is 7.98. The summed E-state index contributed by atoms with van der Waals surface area (Å²) in [5.41, 5.74) is 2.30. The lowest BCUT2D eigenvalue weighted by Gasteiger charge is -2.19. The van der Waals surface area contributed by atoms with E-state index in [4.69, 9.17) is 27.9 Å². The fourth-order valence-corrected chi connectivity index (χ4v) is 3.34. The molecule has 0 bridgehead atoms. The maximum Gasteiger partial charge on any atom is 0.338 e. The smallest absolute Gasteiger partial charge is 0.338 e. The highest BCUT2D eigenvalue weighted by atomic mass is 35.5. The third kappa shape index (κ3) is 4.55. The lowest BCUT2D eigenvalue weighted by molar-refractivity contribution is 0.0600. The molecule has 1 aromatic carbocycles. The predicted octanol–water partition coefficient (Wildman–Crippen LogP) is 5.12. The molecule has 144 valence electrons. The van der Waals surface area contributed by atoms with Gasteiger partial charge in [-0.1, -0.05) is 35.0 Å². The molecule has 0 atom stereocenters. The molecule has 0 unspecified atom stereocenters. The van der Waals surface area contributed by atoms with Gasteiger partial charge in [-0.15, -0.1) is 0 Å². The van der Waals surface area contributed by atoms with Gasteiger partial charge in [0.25, 0.3) is 0 Å². The molecule has 0 N–H and O–H groups in total. The van der Waals surface area contributed by atoms with Gasteiger partial charge in [-0.3, -0.25) is 0 Å². The van der Waals surface area contributed by atoms with Crippen LogP contribution in [0.25, 0.3) is 11.3 Å². The van der Waals surface area contributed by atoms with Crippen LogP contribution >= 0.6 is 35.0 Å². The Hall–Kier alpha value is -2.35. The Morgan fingerprint density at radius 2 is 1.71 bits per heavy atom. The first-order valence-electron chi connectivity index (χ1n) is 8.08. The van der Waals surface area contributed by atoms with Crippen LogP contribution in [0.15, 0.2) is 47.9 Å². The molecule has 9 heteroatoms. The summed E-state index contributed by atoms with van der Waals surface area (Å²) in [7, 11) is 3.15. The number of pyridine rings is 1. The Bertz CT molecular complexity index is 995. The van der Waals surface area contributed by atoms with Gasteiger partial charge in [0.15, 0.2) is 5.16 Å². The van der Waals surface area contributed by atoms with E-state index in [2.05, 4.69) is 15.0 Å². The van der Waals surface area contributed by atoms with Gasteiger partial charge in [-0.05, 0) is 36.6 Å². The molecule has 6 nitrogen and oxygen atoms in total. The number of carbonyl (C=O) groups is 1. The number of ether oxygens (including phenoxy) is 1. The number of hydrogen-bond donors (Lipinski definition) is 0. The summed E-state index contributed by atoms with van der Waals surface area (Å²) < 4.78 is 4.88. The first-order valence-corrected chi connectivity index (χ1v) is 10.1. The average Bonchev–Trinajstić information content (AvgIpc) is 2.71. The van der Waals surface area contributed by atoms with Gasteiger partial charge in [0.2, 0.25) is 0 Å². The molecule has 0 saturated carbocycles. The highest BCUT2D eigenvalue weighted by Crippen LogP contribution is 2.30. The van der Waals surface area contributed by atoms with Gasteiger partial charge >= 0.3 is 5.97 Å². The Morgan fingerprint density at radius 1 is 1.07 bits per heavy atom. The van der Waals surface area contributed by atoms with Crippen molar-refractivity contribution in [2.45, 2.75) is 5.16 Å². The van der Waals surface area contributed by atoms with Crippen LogP contribution in [0.2, 0.25) is 10.0 Å². The average molecular weight is 435 g/mol. The summed E-state index contributed by atoms with van der Waals surface area (Å²) in [6.07, 6.45) is 5.30. The van der Waals surface area contributed by atoms with Crippen LogP contribution in [0.4, 0.5) is 11.5 Å². The van der Waals surface area contributed by atoms with E-state index in [1.807, 2.05) is 13.3 Å². The molecule has 0 radical (unpaired) electrons. The SMILES string of the molecule is COC(=O)c1cc(-c2cc(Cl)cc(Cl)c2)nc(N(C)c2cnc(SC)nc2)c1. The lowest BCUT2D eigenvalue weighted by Crippen LogP contribution is -2.14. The third-order valence-corrected chi connectivity index (χ3v) is 4.93. The summed E-state index contributed by atoms with van der Waals surface area (Å²) in [5, 5.41) is 1.62. The maximum absolute atomic E-state index is 12.2. The quantitative estimate of drug-likeness (QED) is 0.313. The minimum atomic E-state index is -0.472. The Labute approximate surface area is 176 Å². The molecule has 0 fully saturated rings. The van der Waals surface area contributed by atoms with Crippen LogP contribution in [-0.2, 0) is 4.74 Å². The van der Waals surface area contributed by atoms with E-state index in [0.717, 1.165) is 5.69 Å². The molecule has 2 aromatic heterocycles. The number of benzene rings is 1. The summed E-state index contributed by atoms with van der Waals surface area (Å²) in [4.78, 5) is 27.2. The molecular weight excluding hydrogens is 419 g/mol. The minimum absolute atomic E-state index is 0.354. The van der Waals surface area contributed by atoms with Crippen molar-refractivity contribution in [3.8, 4) is 11.3 Å². The third-order valence-electron chi connectivity index (χ3n) is 3.92. The molecule has 0 aliphatic rings. The molecular formula is C19H16Cl2N4O2S. The molecule has 28 heavy (non-hydrogen) atoms. The Morgan fingerprint density at radius 3 is 2.29 bits per heavy atom. The second-order valence-electron chi connectivity index (χ2n) is 5.74. The van der Waals surface area contributed by atoms with Crippen molar-refractivity contribution in [2.24, 2.45) is 0 Å². The molecule has 0 aliphatic carbocycles. The summed E-state index contributed by atoms with van der Waals surface area (Å²) in [6.45, 7) is 0. The number of hydrogen-bond acceptors (Lipinski definition) is 7. The van der Waals surface area contributed by atoms with Crippen molar-refractivity contribution >= 4 is 52.4 Å². The van der Waals surface area contributed by atoms with Crippen molar-refractivity contribution in [3.63, 3.8) is 0 Å². The van der Waals surface area contributed by atoms with E-state index in [0.29, 0.717) is 37.8 Å². The minimum Gasteiger partial charge on any atom is -0.465 e. The Balaban J connectivity index is 2.10. The molecule has 0 spiro atoms. The number of carbonyl (C=O) groups excluding carboxylic acids is 1. The Kier molecular flexibility index (Phi) is 6.39. The van der Waals surface area contributed by atoms with E-state index in [-0.39, 0.29) is 0 Å². The second kappa shape index (κ2) is 8.77. The number of nitrogens with zero attached hydrogens (tertiary/aromatic N) is 4. The van der Waals surface area contributed by atoms with Gasteiger partial charge in [-0.25, -0.2) is 19.7 Å². The van der Waals surface area contributed by atoms with Gasteiger partial charge in [0.05, 0.1) is 36.4 Å². The van der Waals surface area contributed by atoms with Crippen LogP contribution in [0, 0.1) is 0 Å². The van der Waals surface area contributed by atoms with Crippen molar-refractivity contribution in [1.82, 2.24) is 15.0 Å². The van der Waals surface area contributed by atoms with Crippen molar-refractivity contribution in [1.29, 1.82) is 0 Å². The van der Waals surface area contributed by atoms with Crippen molar-refractivity contribution < 1.29 is 9.53 Å². The van der Waals surface area contributed by atoms with Crippen LogP contribution in [0.3, 0.4) is 0 Å². The molecule has 2 heterocycles. The van der Waals surface area contributed by atoms with Crippen molar-refractivity contribution in [3.05, 3.63) is 58.3 Å². The summed E-state index contributed by atoms with van der Waals surface area (Å²) in [5.74, 6) is 0.0508. The van der Waals surface area contributed by atoms with Crippen molar-refractivity contribution in [2.75, 3.05) is 25.3 Å². The summed E-state index contributed by atoms with van der Waals surface area (Å²) in [6, 6.07) is 8.38. The van der Waals surface area contributed by atoms with E-state index in [1.54, 1.807) is 47.6 Å². The standard InChI is InChI=1S/C19H16Cl2N4O2S/c1-25(15-9-22-19(28-3)23-10-15)17-7-12(18(26)27-2)6-16(24-17)11-4-13(20)8-14(21)5-11/h4-10H,1-3H3. The number of halogens is 2. The molecule has 0 saturated heterocycles. The van der Waals surface area contributed by atoms with Gasteiger partial charge in [0, 0.05) is 22.7 Å². The molecule has 3 aromatic rings. The fraction of sp³-hybridized carbons (Fsp3) is 0.158. The molecule has 3 rings (SSSR count). The number of rotatable bonds is 5. The zero-order valence-electron chi connectivity index (χ0n) is 15.3. The van der Waals surface area contributed by atoms with Crippen LogP contribution < -0.4 is 4.90 Å². The van der Waals surface area contributed by atoms with Crippen LogP contribution in [-0.4, -0.2) is 41.3 Å².